The molecule has 168 valence electrons. The first-order valence-corrected chi connectivity index (χ1v) is 11.6. The Morgan fingerprint density at radius 1 is 0.742 bits per heavy atom. The fraction of sp³-hybridized carbons (Fsp3) is 0.615. The minimum absolute atomic E-state index is 0.0736. The van der Waals surface area contributed by atoms with E-state index in [0.29, 0.717) is 37.0 Å². The van der Waals surface area contributed by atoms with Crippen LogP contribution in [0, 0.1) is 23.7 Å². The summed E-state index contributed by atoms with van der Waals surface area (Å²) in [5.41, 5.74) is 0.696. The molecule has 0 amide bonds. The van der Waals surface area contributed by atoms with Gasteiger partial charge in [-0.05, 0) is 42.4 Å². The van der Waals surface area contributed by atoms with Crippen LogP contribution in [0.15, 0.2) is 24.3 Å². The van der Waals surface area contributed by atoms with Crippen LogP contribution in [-0.4, -0.2) is 30.2 Å². The molecule has 2 fully saturated rings. The van der Waals surface area contributed by atoms with Crippen molar-refractivity contribution < 1.29 is 23.9 Å². The Kier molecular flexibility index (Phi) is 7.79. The minimum Gasteiger partial charge on any atom is -0.497 e. The van der Waals surface area contributed by atoms with Crippen molar-refractivity contribution in [1.29, 1.82) is 0 Å². The van der Waals surface area contributed by atoms with E-state index in [1.54, 1.807) is 31.4 Å². The molecule has 0 N–H and O–H groups in total. The average Bonchev–Trinajstić information content (AvgIpc) is 2.72. The second-order valence-corrected chi connectivity index (χ2v) is 9.25. The lowest BCUT2D eigenvalue weighted by molar-refractivity contribution is -0.143. The third kappa shape index (κ3) is 5.13. The highest BCUT2D eigenvalue weighted by Gasteiger charge is 2.49. The lowest BCUT2D eigenvalue weighted by Crippen LogP contribution is -2.46. The summed E-state index contributed by atoms with van der Waals surface area (Å²) in [6.45, 7) is 4.10. The molecule has 1 aromatic rings. The molecule has 0 aliphatic heterocycles. The molecule has 0 radical (unpaired) electrons. The maximum absolute atomic E-state index is 13.2. The summed E-state index contributed by atoms with van der Waals surface area (Å²) in [5.74, 6) is -2.22. The smallest absolute Gasteiger partial charge is 0.144 e. The molecule has 0 spiro atoms. The number of benzene rings is 1. The number of ether oxygens (including phenoxy) is 1. The Bertz CT molecular complexity index is 743. The molecule has 0 aromatic heterocycles. The third-order valence-electron chi connectivity index (χ3n) is 6.96. The van der Waals surface area contributed by atoms with Gasteiger partial charge in [0.15, 0.2) is 0 Å². The van der Waals surface area contributed by atoms with Crippen LogP contribution >= 0.6 is 0 Å². The van der Waals surface area contributed by atoms with Gasteiger partial charge in [0, 0.05) is 31.6 Å². The van der Waals surface area contributed by atoms with E-state index in [0.717, 1.165) is 25.7 Å². The summed E-state index contributed by atoms with van der Waals surface area (Å²) in [7, 11) is 1.57. The Labute approximate surface area is 184 Å². The highest BCUT2D eigenvalue weighted by atomic mass is 16.5. The van der Waals surface area contributed by atoms with Crippen LogP contribution in [-0.2, 0) is 19.2 Å². The van der Waals surface area contributed by atoms with Crippen LogP contribution in [0.1, 0.15) is 76.7 Å². The standard InChI is InChI=1S/C26H34O5/c1-4-6-16-12-20(27)25(21(28)13-16)24(18-8-10-19(31-3)11-9-18)26-22(29)14-17(7-5-2)15-23(26)30/h8-11,16-17,24-26H,4-7,12-15H2,1-3H3. The number of Topliss-reactive ketones (excluding diaryl/α,β-unsaturated/α-hetero) is 4. The van der Waals surface area contributed by atoms with Gasteiger partial charge in [-0.2, -0.15) is 0 Å². The SMILES string of the molecule is CCCC1CC(=O)C(C(c2ccc(OC)cc2)C2C(=O)CC(CCC)CC2=O)C(=O)C1. The van der Waals surface area contributed by atoms with Crippen LogP contribution in [0.5, 0.6) is 5.75 Å². The van der Waals surface area contributed by atoms with Crippen LogP contribution in [0.2, 0.25) is 0 Å². The molecule has 5 heteroatoms. The molecule has 0 saturated heterocycles. The van der Waals surface area contributed by atoms with Gasteiger partial charge in [-0.25, -0.2) is 0 Å². The van der Waals surface area contributed by atoms with Crippen molar-refractivity contribution in [3.8, 4) is 5.75 Å². The number of hydrogen-bond acceptors (Lipinski definition) is 5. The van der Waals surface area contributed by atoms with E-state index in [4.69, 9.17) is 4.74 Å². The van der Waals surface area contributed by atoms with Gasteiger partial charge in [0.2, 0.25) is 0 Å². The summed E-state index contributed by atoms with van der Waals surface area (Å²) < 4.78 is 5.24. The zero-order chi connectivity index (χ0) is 22.5. The fourth-order valence-corrected chi connectivity index (χ4v) is 5.58. The second kappa shape index (κ2) is 10.3. The van der Waals surface area contributed by atoms with E-state index in [2.05, 4.69) is 0 Å². The van der Waals surface area contributed by atoms with E-state index in [-0.39, 0.29) is 35.0 Å². The maximum atomic E-state index is 13.2. The van der Waals surface area contributed by atoms with Gasteiger partial charge in [0.05, 0.1) is 18.9 Å². The van der Waals surface area contributed by atoms with Crippen LogP contribution < -0.4 is 4.74 Å². The quantitative estimate of drug-likeness (QED) is 0.563. The van der Waals surface area contributed by atoms with Gasteiger partial charge in [0.25, 0.3) is 0 Å². The minimum atomic E-state index is -0.915. The lowest BCUT2D eigenvalue weighted by atomic mass is 9.62. The van der Waals surface area contributed by atoms with Crippen LogP contribution in [0.25, 0.3) is 0 Å². The molecule has 1 aromatic carbocycles. The predicted molar refractivity (Wildman–Crippen MR) is 118 cm³/mol. The maximum Gasteiger partial charge on any atom is 0.144 e. The number of rotatable bonds is 8. The van der Waals surface area contributed by atoms with Gasteiger partial charge in [-0.3, -0.25) is 19.2 Å². The highest BCUT2D eigenvalue weighted by Crippen LogP contribution is 2.44. The summed E-state index contributed by atoms with van der Waals surface area (Å²) in [6.07, 6.45) is 4.95. The highest BCUT2D eigenvalue weighted by molar-refractivity contribution is 6.10. The van der Waals surface area contributed by atoms with Crippen molar-refractivity contribution in [3.63, 3.8) is 0 Å². The molecule has 3 rings (SSSR count). The molecular formula is C26H34O5. The first kappa shape index (κ1) is 23.4. The molecule has 31 heavy (non-hydrogen) atoms. The Morgan fingerprint density at radius 2 is 1.13 bits per heavy atom. The van der Waals surface area contributed by atoms with Crippen molar-refractivity contribution in [2.75, 3.05) is 7.11 Å². The van der Waals surface area contributed by atoms with E-state index < -0.39 is 17.8 Å². The van der Waals surface area contributed by atoms with Gasteiger partial charge >= 0.3 is 0 Å². The molecular weight excluding hydrogens is 392 g/mol. The third-order valence-corrected chi connectivity index (χ3v) is 6.96. The Balaban J connectivity index is 1.97. The molecule has 0 heterocycles. The first-order chi connectivity index (χ1) is 14.9. The second-order valence-electron chi connectivity index (χ2n) is 9.25. The number of carbonyl (C=O) groups excluding carboxylic acids is 4. The fourth-order valence-electron chi connectivity index (χ4n) is 5.58. The lowest BCUT2D eigenvalue weighted by Gasteiger charge is -2.38. The predicted octanol–water partition coefficient (Wildman–Crippen LogP) is 4.71. The summed E-state index contributed by atoms with van der Waals surface area (Å²) >= 11 is 0. The molecule has 2 aliphatic rings. The Morgan fingerprint density at radius 3 is 1.45 bits per heavy atom. The van der Waals surface area contributed by atoms with E-state index in [1.807, 2.05) is 13.8 Å². The molecule has 2 saturated carbocycles. The molecule has 0 bridgehead atoms. The van der Waals surface area contributed by atoms with Crippen LogP contribution in [0.3, 0.4) is 0 Å². The number of methoxy groups -OCH3 is 1. The van der Waals surface area contributed by atoms with E-state index >= 15 is 0 Å². The van der Waals surface area contributed by atoms with Crippen molar-refractivity contribution in [3.05, 3.63) is 29.8 Å². The van der Waals surface area contributed by atoms with E-state index in [1.165, 1.54) is 0 Å². The number of hydrogen-bond donors (Lipinski definition) is 0. The van der Waals surface area contributed by atoms with Crippen molar-refractivity contribution in [2.24, 2.45) is 23.7 Å². The molecule has 2 aliphatic carbocycles. The largest absolute Gasteiger partial charge is 0.497 e. The van der Waals surface area contributed by atoms with Crippen molar-refractivity contribution in [1.82, 2.24) is 0 Å². The number of carbonyl (C=O) groups is 4. The summed E-state index contributed by atoms with van der Waals surface area (Å²) in [6, 6.07) is 7.11. The normalized spacial score (nSPS) is 28.0. The van der Waals surface area contributed by atoms with Crippen molar-refractivity contribution >= 4 is 23.1 Å². The summed E-state index contributed by atoms with van der Waals surface area (Å²) in [4.78, 5) is 52.7. The summed E-state index contributed by atoms with van der Waals surface area (Å²) in [5, 5.41) is 0. The molecule has 5 nitrogen and oxygen atoms in total. The van der Waals surface area contributed by atoms with Gasteiger partial charge in [-0.15, -0.1) is 0 Å². The zero-order valence-corrected chi connectivity index (χ0v) is 18.9. The van der Waals surface area contributed by atoms with Gasteiger partial charge in [0.1, 0.15) is 28.9 Å². The van der Waals surface area contributed by atoms with Crippen LogP contribution in [0.4, 0.5) is 0 Å². The monoisotopic (exact) mass is 426 g/mol. The zero-order valence-electron chi connectivity index (χ0n) is 18.9. The average molecular weight is 427 g/mol. The molecule has 0 atom stereocenters. The van der Waals surface area contributed by atoms with Gasteiger partial charge in [-0.1, -0.05) is 38.8 Å². The topological polar surface area (TPSA) is 77.5 Å². The Hall–Kier alpha value is -2.30. The first-order valence-electron chi connectivity index (χ1n) is 11.6. The van der Waals surface area contributed by atoms with E-state index in [9.17, 15) is 19.2 Å². The number of ketones is 4. The molecule has 0 unspecified atom stereocenters. The van der Waals surface area contributed by atoms with Crippen molar-refractivity contribution in [2.45, 2.75) is 71.1 Å². The van der Waals surface area contributed by atoms with Gasteiger partial charge < -0.3 is 4.74 Å².